The number of benzene rings is 1. The summed E-state index contributed by atoms with van der Waals surface area (Å²) in [4.78, 5) is 12.0. The molecule has 2 rings (SSSR count). The Morgan fingerprint density at radius 1 is 1.50 bits per heavy atom. The highest BCUT2D eigenvalue weighted by atomic mass is 16.5. The zero-order chi connectivity index (χ0) is 11.4. The zero-order valence-corrected chi connectivity index (χ0v) is 9.32. The first-order chi connectivity index (χ1) is 7.83. The molecule has 0 fully saturated rings. The Bertz CT molecular complexity index is 395. The Labute approximate surface area is 95.9 Å². The monoisotopic (exact) mass is 216 g/mol. The third-order valence-corrected chi connectivity index (χ3v) is 2.94. The minimum absolute atomic E-state index is 0.0184. The topological polar surface area (TPSA) is 26.3 Å². The van der Waals surface area contributed by atoms with Gasteiger partial charge in [0.1, 0.15) is 11.5 Å². The molecule has 0 bridgehead atoms. The van der Waals surface area contributed by atoms with Crippen LogP contribution in [0.1, 0.15) is 30.7 Å². The van der Waals surface area contributed by atoms with Crippen LogP contribution in [0, 0.1) is 0 Å². The molecule has 0 saturated heterocycles. The molecule has 0 radical (unpaired) electrons. The van der Waals surface area contributed by atoms with E-state index < -0.39 is 0 Å². The van der Waals surface area contributed by atoms with E-state index in [1.165, 1.54) is 0 Å². The van der Waals surface area contributed by atoms with Crippen LogP contribution in [0.3, 0.4) is 0 Å². The predicted octanol–water partition coefficient (Wildman–Crippen LogP) is 3.09. The Balaban J connectivity index is 2.18. The maximum absolute atomic E-state index is 12.0. The number of Topliss-reactive ketones (excluding diaryl/α,β-unsaturated/α-hetero) is 1. The van der Waals surface area contributed by atoms with Gasteiger partial charge >= 0.3 is 0 Å². The van der Waals surface area contributed by atoms with Crippen molar-refractivity contribution in [3.8, 4) is 5.75 Å². The average Bonchev–Trinajstić information content (AvgIpc) is 2.35. The number of rotatable bonds is 4. The SMILES string of the molecule is C=CCCC(=O)C1CCOc2ccccc21. The zero-order valence-electron chi connectivity index (χ0n) is 9.32. The number of fused-ring (bicyclic) bond motifs is 1. The Morgan fingerprint density at radius 2 is 2.31 bits per heavy atom. The minimum Gasteiger partial charge on any atom is -0.493 e. The lowest BCUT2D eigenvalue weighted by molar-refractivity contribution is -0.121. The Kier molecular flexibility index (Phi) is 3.40. The third kappa shape index (κ3) is 2.16. The summed E-state index contributed by atoms with van der Waals surface area (Å²) in [6.45, 7) is 4.29. The van der Waals surface area contributed by atoms with Crippen molar-refractivity contribution in [1.82, 2.24) is 0 Å². The Morgan fingerprint density at radius 3 is 3.12 bits per heavy atom. The van der Waals surface area contributed by atoms with Gasteiger partial charge in [-0.1, -0.05) is 24.3 Å². The highest BCUT2D eigenvalue weighted by Crippen LogP contribution is 2.34. The lowest BCUT2D eigenvalue weighted by Crippen LogP contribution is -2.21. The molecule has 84 valence electrons. The normalized spacial score (nSPS) is 18.4. The van der Waals surface area contributed by atoms with Crippen LogP contribution in [0.15, 0.2) is 36.9 Å². The van der Waals surface area contributed by atoms with Gasteiger partial charge in [0.2, 0.25) is 0 Å². The molecular formula is C14H16O2. The van der Waals surface area contributed by atoms with Crippen LogP contribution in [0.2, 0.25) is 0 Å². The van der Waals surface area contributed by atoms with Gasteiger partial charge in [-0.2, -0.15) is 0 Å². The van der Waals surface area contributed by atoms with Gasteiger partial charge in [-0.3, -0.25) is 4.79 Å². The van der Waals surface area contributed by atoms with Crippen LogP contribution in [0.4, 0.5) is 0 Å². The summed E-state index contributed by atoms with van der Waals surface area (Å²) >= 11 is 0. The number of para-hydroxylation sites is 1. The van der Waals surface area contributed by atoms with Gasteiger partial charge in [0.15, 0.2) is 0 Å². The quantitative estimate of drug-likeness (QED) is 0.723. The molecule has 1 aliphatic heterocycles. The van der Waals surface area contributed by atoms with Gasteiger partial charge in [0.25, 0.3) is 0 Å². The van der Waals surface area contributed by atoms with E-state index >= 15 is 0 Å². The number of allylic oxidation sites excluding steroid dienone is 1. The van der Waals surface area contributed by atoms with E-state index in [1.54, 1.807) is 6.08 Å². The van der Waals surface area contributed by atoms with Gasteiger partial charge in [0.05, 0.1) is 6.61 Å². The van der Waals surface area contributed by atoms with Crippen LogP contribution in [0.5, 0.6) is 5.75 Å². The summed E-state index contributed by atoms with van der Waals surface area (Å²) in [7, 11) is 0. The number of hydrogen-bond acceptors (Lipinski definition) is 2. The smallest absolute Gasteiger partial charge is 0.140 e. The van der Waals surface area contributed by atoms with E-state index in [0.717, 1.165) is 24.2 Å². The highest BCUT2D eigenvalue weighted by molar-refractivity contribution is 5.86. The standard InChI is InChI=1S/C14H16O2/c1-2-3-7-13(15)11-9-10-16-14-8-5-4-6-12(11)14/h2,4-6,8,11H,1,3,7,9-10H2. The number of ketones is 1. The molecule has 1 heterocycles. The van der Waals surface area contributed by atoms with Gasteiger partial charge < -0.3 is 4.74 Å². The fourth-order valence-corrected chi connectivity index (χ4v) is 2.10. The number of ether oxygens (including phenoxy) is 1. The molecule has 1 aliphatic rings. The summed E-state index contributed by atoms with van der Waals surface area (Å²) < 4.78 is 5.54. The van der Waals surface area contributed by atoms with Crippen LogP contribution < -0.4 is 4.74 Å². The Hall–Kier alpha value is -1.57. The summed E-state index contributed by atoms with van der Waals surface area (Å²) in [5, 5.41) is 0. The lowest BCUT2D eigenvalue weighted by Gasteiger charge is -2.24. The molecule has 0 spiro atoms. The molecule has 2 nitrogen and oxygen atoms in total. The summed E-state index contributed by atoms with van der Waals surface area (Å²) in [6, 6.07) is 7.82. The minimum atomic E-state index is 0.0184. The molecule has 1 aromatic carbocycles. The van der Waals surface area contributed by atoms with E-state index in [-0.39, 0.29) is 5.92 Å². The van der Waals surface area contributed by atoms with Crippen LogP contribution >= 0.6 is 0 Å². The van der Waals surface area contributed by atoms with Crippen molar-refractivity contribution in [2.45, 2.75) is 25.2 Å². The molecule has 1 unspecified atom stereocenters. The molecule has 0 amide bonds. The summed E-state index contributed by atoms with van der Waals surface area (Å²) in [5.41, 5.74) is 1.04. The highest BCUT2D eigenvalue weighted by Gasteiger charge is 2.26. The second-order valence-electron chi connectivity index (χ2n) is 4.02. The third-order valence-electron chi connectivity index (χ3n) is 2.94. The van der Waals surface area contributed by atoms with Crippen molar-refractivity contribution in [3.63, 3.8) is 0 Å². The first-order valence-corrected chi connectivity index (χ1v) is 5.68. The molecular weight excluding hydrogens is 200 g/mol. The van der Waals surface area contributed by atoms with Gasteiger partial charge in [0, 0.05) is 17.9 Å². The summed E-state index contributed by atoms with van der Waals surface area (Å²) in [6.07, 6.45) is 3.94. The maximum Gasteiger partial charge on any atom is 0.140 e. The summed E-state index contributed by atoms with van der Waals surface area (Å²) in [5.74, 6) is 1.19. The fraction of sp³-hybridized carbons (Fsp3) is 0.357. The van der Waals surface area contributed by atoms with Crippen molar-refractivity contribution in [2.75, 3.05) is 6.61 Å². The molecule has 2 heteroatoms. The lowest BCUT2D eigenvalue weighted by atomic mass is 9.87. The van der Waals surface area contributed by atoms with Crippen LogP contribution in [0.25, 0.3) is 0 Å². The molecule has 1 aromatic rings. The first-order valence-electron chi connectivity index (χ1n) is 5.68. The second kappa shape index (κ2) is 4.97. The van der Waals surface area contributed by atoms with Crippen LogP contribution in [-0.2, 0) is 4.79 Å². The van der Waals surface area contributed by atoms with Crippen molar-refractivity contribution in [1.29, 1.82) is 0 Å². The van der Waals surface area contributed by atoms with E-state index in [0.29, 0.717) is 18.8 Å². The number of carbonyl (C=O) groups is 1. The fourth-order valence-electron chi connectivity index (χ4n) is 2.10. The van der Waals surface area contributed by atoms with Gasteiger partial charge in [-0.15, -0.1) is 6.58 Å². The van der Waals surface area contributed by atoms with Gasteiger partial charge in [-0.05, 0) is 18.9 Å². The molecule has 0 saturated carbocycles. The largest absolute Gasteiger partial charge is 0.493 e. The molecule has 0 N–H and O–H groups in total. The number of carbonyl (C=O) groups excluding carboxylic acids is 1. The van der Waals surface area contributed by atoms with Crippen molar-refractivity contribution in [2.24, 2.45) is 0 Å². The van der Waals surface area contributed by atoms with E-state index in [2.05, 4.69) is 6.58 Å². The number of hydrogen-bond donors (Lipinski definition) is 0. The van der Waals surface area contributed by atoms with E-state index in [4.69, 9.17) is 4.74 Å². The maximum atomic E-state index is 12.0. The van der Waals surface area contributed by atoms with Crippen molar-refractivity contribution < 1.29 is 9.53 Å². The van der Waals surface area contributed by atoms with Crippen molar-refractivity contribution in [3.05, 3.63) is 42.5 Å². The van der Waals surface area contributed by atoms with Gasteiger partial charge in [-0.25, -0.2) is 0 Å². The molecule has 0 aromatic heterocycles. The molecule has 16 heavy (non-hydrogen) atoms. The van der Waals surface area contributed by atoms with Crippen molar-refractivity contribution >= 4 is 5.78 Å². The molecule has 1 atom stereocenters. The second-order valence-corrected chi connectivity index (χ2v) is 4.02. The molecule has 0 aliphatic carbocycles. The first kappa shape index (κ1) is 10.9. The average molecular weight is 216 g/mol. The van der Waals surface area contributed by atoms with Crippen LogP contribution in [-0.4, -0.2) is 12.4 Å². The van der Waals surface area contributed by atoms with E-state index in [1.807, 2.05) is 24.3 Å². The predicted molar refractivity (Wildman–Crippen MR) is 63.7 cm³/mol. The van der Waals surface area contributed by atoms with E-state index in [9.17, 15) is 4.79 Å².